The zero-order valence-electron chi connectivity index (χ0n) is 11.6. The molecule has 0 aliphatic rings. The SMILES string of the molecule is NC(N)c1ccc(-c2cc3ccc(C(N)N)cc3[nH]2)cc1. The molecule has 3 aromatic rings. The van der Waals surface area contributed by atoms with Crippen LogP contribution in [0.2, 0.25) is 0 Å². The summed E-state index contributed by atoms with van der Waals surface area (Å²) in [5, 5.41) is 1.12. The maximum atomic E-state index is 5.71. The number of rotatable bonds is 3. The van der Waals surface area contributed by atoms with Crippen LogP contribution in [0.3, 0.4) is 0 Å². The lowest BCUT2D eigenvalue weighted by molar-refractivity contribution is 0.774. The number of hydrogen-bond donors (Lipinski definition) is 5. The zero-order chi connectivity index (χ0) is 15.0. The fourth-order valence-corrected chi connectivity index (χ4v) is 2.39. The predicted octanol–water partition coefficient (Wildman–Crippen LogP) is 1.67. The van der Waals surface area contributed by atoms with Gasteiger partial charge in [-0.25, -0.2) is 0 Å². The number of benzene rings is 2. The molecule has 0 radical (unpaired) electrons. The van der Waals surface area contributed by atoms with Crippen molar-refractivity contribution >= 4 is 10.9 Å². The summed E-state index contributed by atoms with van der Waals surface area (Å²) in [7, 11) is 0. The highest BCUT2D eigenvalue weighted by Crippen LogP contribution is 2.26. The Morgan fingerprint density at radius 3 is 1.95 bits per heavy atom. The van der Waals surface area contributed by atoms with Crippen molar-refractivity contribution in [1.82, 2.24) is 4.98 Å². The minimum Gasteiger partial charge on any atom is -0.355 e. The normalized spacial score (nSPS) is 11.7. The average Bonchev–Trinajstić information content (AvgIpc) is 2.90. The molecule has 0 amide bonds. The van der Waals surface area contributed by atoms with Gasteiger partial charge in [0, 0.05) is 16.6 Å². The molecule has 0 fully saturated rings. The Hall–Kier alpha value is -2.18. The number of aromatic amines is 1. The molecule has 0 spiro atoms. The van der Waals surface area contributed by atoms with E-state index in [1.807, 2.05) is 42.5 Å². The summed E-state index contributed by atoms with van der Waals surface area (Å²) in [5.41, 5.74) is 27.7. The van der Waals surface area contributed by atoms with E-state index < -0.39 is 12.3 Å². The third-order valence-corrected chi connectivity index (χ3v) is 3.64. The lowest BCUT2D eigenvalue weighted by atomic mass is 10.1. The largest absolute Gasteiger partial charge is 0.355 e. The topological polar surface area (TPSA) is 120 Å². The van der Waals surface area contributed by atoms with Crippen molar-refractivity contribution in [2.75, 3.05) is 0 Å². The van der Waals surface area contributed by atoms with Gasteiger partial charge in [-0.15, -0.1) is 0 Å². The first-order valence-electron chi connectivity index (χ1n) is 6.80. The summed E-state index contributed by atoms with van der Waals surface area (Å²) in [6, 6.07) is 15.9. The first-order chi connectivity index (χ1) is 10.0. The second kappa shape index (κ2) is 5.31. The molecular formula is C16H19N5. The highest BCUT2D eigenvalue weighted by molar-refractivity contribution is 5.86. The number of H-pyrrole nitrogens is 1. The highest BCUT2D eigenvalue weighted by atomic mass is 14.9. The second-order valence-electron chi connectivity index (χ2n) is 5.20. The van der Waals surface area contributed by atoms with Gasteiger partial charge in [0.05, 0.1) is 12.3 Å². The minimum absolute atomic E-state index is 0.449. The third kappa shape index (κ3) is 2.68. The fraction of sp³-hybridized carbons (Fsp3) is 0.125. The second-order valence-corrected chi connectivity index (χ2v) is 5.20. The standard InChI is InChI=1S/C16H19N5/c17-15(18)10-3-1-9(2-4-10)13-7-11-5-6-12(16(19)20)8-14(11)21-13/h1-8,15-16,21H,17-20H2. The molecule has 0 saturated carbocycles. The van der Waals surface area contributed by atoms with Gasteiger partial charge in [-0.2, -0.15) is 0 Å². The van der Waals surface area contributed by atoms with Crippen LogP contribution in [0.5, 0.6) is 0 Å². The lowest BCUT2D eigenvalue weighted by Crippen LogP contribution is -2.19. The maximum absolute atomic E-state index is 5.71. The Labute approximate surface area is 122 Å². The first-order valence-corrected chi connectivity index (χ1v) is 6.80. The highest BCUT2D eigenvalue weighted by Gasteiger charge is 2.07. The summed E-state index contributed by atoms with van der Waals surface area (Å²) in [4.78, 5) is 3.38. The molecule has 0 bridgehead atoms. The van der Waals surface area contributed by atoms with Crippen molar-refractivity contribution in [3.63, 3.8) is 0 Å². The van der Waals surface area contributed by atoms with E-state index in [1.54, 1.807) is 0 Å². The van der Waals surface area contributed by atoms with E-state index in [9.17, 15) is 0 Å². The first kappa shape index (κ1) is 13.8. The number of hydrogen-bond acceptors (Lipinski definition) is 4. The molecule has 1 heterocycles. The van der Waals surface area contributed by atoms with E-state index >= 15 is 0 Å². The van der Waals surface area contributed by atoms with Crippen LogP contribution >= 0.6 is 0 Å². The van der Waals surface area contributed by atoms with Gasteiger partial charge in [-0.3, -0.25) is 0 Å². The van der Waals surface area contributed by atoms with Gasteiger partial charge in [0.15, 0.2) is 0 Å². The molecule has 0 aliphatic carbocycles. The van der Waals surface area contributed by atoms with Crippen molar-refractivity contribution in [1.29, 1.82) is 0 Å². The molecule has 0 aliphatic heterocycles. The molecule has 2 aromatic carbocycles. The van der Waals surface area contributed by atoms with Crippen molar-refractivity contribution in [3.8, 4) is 11.3 Å². The van der Waals surface area contributed by atoms with Crippen LogP contribution in [0, 0.1) is 0 Å². The summed E-state index contributed by atoms with van der Waals surface area (Å²) in [6.07, 6.45) is -0.915. The monoisotopic (exact) mass is 281 g/mol. The predicted molar refractivity (Wildman–Crippen MR) is 86.0 cm³/mol. The number of nitrogens with two attached hydrogens (primary N) is 4. The Balaban J connectivity index is 2.00. The van der Waals surface area contributed by atoms with Crippen LogP contribution in [0.25, 0.3) is 22.2 Å². The molecule has 9 N–H and O–H groups in total. The van der Waals surface area contributed by atoms with Crippen LogP contribution in [0.4, 0.5) is 0 Å². The van der Waals surface area contributed by atoms with Gasteiger partial charge in [0.1, 0.15) is 0 Å². The molecule has 5 heteroatoms. The quantitative estimate of drug-likeness (QED) is 0.469. The van der Waals surface area contributed by atoms with Crippen LogP contribution in [-0.4, -0.2) is 4.98 Å². The summed E-state index contributed by atoms with van der Waals surface area (Å²) in [5.74, 6) is 0. The molecule has 0 atom stereocenters. The molecule has 3 rings (SSSR count). The minimum atomic E-state index is -0.466. The molecule has 5 nitrogen and oxygen atoms in total. The summed E-state index contributed by atoms with van der Waals surface area (Å²) < 4.78 is 0. The van der Waals surface area contributed by atoms with E-state index in [4.69, 9.17) is 22.9 Å². The molecule has 1 aromatic heterocycles. The van der Waals surface area contributed by atoms with Gasteiger partial charge in [0.25, 0.3) is 0 Å². The van der Waals surface area contributed by atoms with Crippen molar-refractivity contribution < 1.29 is 0 Å². The van der Waals surface area contributed by atoms with E-state index in [-0.39, 0.29) is 0 Å². The van der Waals surface area contributed by atoms with Gasteiger partial charge < -0.3 is 27.9 Å². The van der Waals surface area contributed by atoms with Gasteiger partial charge in [0.2, 0.25) is 0 Å². The maximum Gasteiger partial charge on any atom is 0.0785 e. The van der Waals surface area contributed by atoms with Crippen LogP contribution in [-0.2, 0) is 0 Å². The number of aromatic nitrogens is 1. The fourth-order valence-electron chi connectivity index (χ4n) is 2.39. The van der Waals surface area contributed by atoms with Crippen LogP contribution in [0.1, 0.15) is 23.5 Å². The van der Waals surface area contributed by atoms with E-state index in [0.29, 0.717) is 0 Å². The number of nitrogens with one attached hydrogen (secondary N) is 1. The molecule has 108 valence electrons. The van der Waals surface area contributed by atoms with Crippen LogP contribution in [0.15, 0.2) is 48.5 Å². The smallest absolute Gasteiger partial charge is 0.0785 e. The average molecular weight is 281 g/mol. The van der Waals surface area contributed by atoms with Crippen molar-refractivity contribution in [2.24, 2.45) is 22.9 Å². The number of fused-ring (bicyclic) bond motifs is 1. The van der Waals surface area contributed by atoms with Crippen LogP contribution < -0.4 is 22.9 Å². The third-order valence-electron chi connectivity index (χ3n) is 3.64. The molecular weight excluding hydrogens is 262 g/mol. The summed E-state index contributed by atoms with van der Waals surface area (Å²) >= 11 is 0. The Morgan fingerprint density at radius 1 is 0.714 bits per heavy atom. The Bertz CT molecular complexity index is 756. The molecule has 0 unspecified atom stereocenters. The molecule has 0 saturated heterocycles. The van der Waals surface area contributed by atoms with E-state index in [2.05, 4.69) is 11.1 Å². The van der Waals surface area contributed by atoms with Gasteiger partial charge in [-0.1, -0.05) is 36.4 Å². The lowest BCUT2D eigenvalue weighted by Gasteiger charge is -2.06. The Kier molecular flexibility index (Phi) is 3.48. The Morgan fingerprint density at radius 2 is 1.33 bits per heavy atom. The van der Waals surface area contributed by atoms with Crippen molar-refractivity contribution in [2.45, 2.75) is 12.3 Å². The van der Waals surface area contributed by atoms with E-state index in [0.717, 1.165) is 33.3 Å². The van der Waals surface area contributed by atoms with Gasteiger partial charge >= 0.3 is 0 Å². The summed E-state index contributed by atoms with van der Waals surface area (Å²) in [6.45, 7) is 0. The van der Waals surface area contributed by atoms with E-state index in [1.165, 1.54) is 0 Å². The van der Waals surface area contributed by atoms with Gasteiger partial charge in [-0.05, 0) is 28.8 Å². The molecule has 21 heavy (non-hydrogen) atoms. The zero-order valence-corrected chi connectivity index (χ0v) is 11.6. The van der Waals surface area contributed by atoms with Crippen molar-refractivity contribution in [3.05, 3.63) is 59.7 Å².